The first-order chi connectivity index (χ1) is 36.0. The van der Waals surface area contributed by atoms with E-state index >= 15 is 0 Å². The second-order valence-electron chi connectivity index (χ2n) is 22.5. The molecule has 0 bridgehead atoms. The molecule has 0 aromatic carbocycles. The summed E-state index contributed by atoms with van der Waals surface area (Å²) < 4.78 is 5.49. The maximum atomic E-state index is 12.5. The minimum absolute atomic E-state index is 0.00739. The highest BCUT2D eigenvalue weighted by Gasteiger charge is 2.18. The van der Waals surface area contributed by atoms with Gasteiger partial charge in [0.15, 0.2) is 0 Å². The van der Waals surface area contributed by atoms with Crippen LogP contribution in [0.15, 0.2) is 36.5 Å². The van der Waals surface area contributed by atoms with Crippen LogP contribution < -0.4 is 5.32 Å². The number of unbranched alkanes of at least 4 members (excludes halogenated alkanes) is 46. The van der Waals surface area contributed by atoms with Gasteiger partial charge in [-0.2, -0.15) is 0 Å². The Morgan fingerprint density at radius 3 is 1.07 bits per heavy atom. The molecule has 0 saturated heterocycles. The number of hydrogen-bond acceptors (Lipinski definition) is 5. The SMILES string of the molecule is CCCCC/C=C\C/C=C\CCCCCCCCCC(=O)OCCCCCCCCCCCCCCCCCCCCCCCCCCC(=O)NC(CO)C(O)/C=C/CCCCCCCCCCCCCCC. The van der Waals surface area contributed by atoms with E-state index in [1.165, 1.54) is 276 Å². The quantitative estimate of drug-likeness (QED) is 0.0320. The summed E-state index contributed by atoms with van der Waals surface area (Å²) in [4.78, 5) is 24.6. The Labute approximate surface area is 455 Å². The van der Waals surface area contributed by atoms with Crippen LogP contribution in [0.2, 0.25) is 0 Å². The normalized spacial score (nSPS) is 12.8. The van der Waals surface area contributed by atoms with Crippen molar-refractivity contribution >= 4 is 11.9 Å². The molecule has 3 N–H and O–H groups in total. The average Bonchev–Trinajstić information content (AvgIpc) is 3.39. The van der Waals surface area contributed by atoms with E-state index in [0.717, 1.165) is 51.4 Å². The van der Waals surface area contributed by atoms with Gasteiger partial charge in [-0.25, -0.2) is 0 Å². The number of hydrogen-bond donors (Lipinski definition) is 3. The second kappa shape index (κ2) is 62.6. The van der Waals surface area contributed by atoms with Crippen LogP contribution in [0, 0.1) is 0 Å². The van der Waals surface area contributed by atoms with Crippen LogP contribution in [-0.2, 0) is 14.3 Å². The number of carbonyl (C=O) groups is 2. The zero-order chi connectivity index (χ0) is 52.9. The molecule has 0 radical (unpaired) electrons. The molecule has 0 spiro atoms. The molecule has 1 amide bonds. The van der Waals surface area contributed by atoms with Gasteiger partial charge in [-0.3, -0.25) is 9.59 Å². The third-order valence-electron chi connectivity index (χ3n) is 15.2. The van der Waals surface area contributed by atoms with Crippen molar-refractivity contribution in [3.63, 3.8) is 0 Å². The molecule has 0 aliphatic carbocycles. The number of amides is 1. The Kier molecular flexibility index (Phi) is 61.0. The summed E-state index contributed by atoms with van der Waals surface area (Å²) in [5.41, 5.74) is 0. The predicted molar refractivity (Wildman–Crippen MR) is 319 cm³/mol. The summed E-state index contributed by atoms with van der Waals surface area (Å²) in [5.74, 6) is -0.0579. The summed E-state index contributed by atoms with van der Waals surface area (Å²) >= 11 is 0. The molecule has 0 rings (SSSR count). The fourth-order valence-corrected chi connectivity index (χ4v) is 10.1. The highest BCUT2D eigenvalue weighted by atomic mass is 16.5. The Hall–Kier alpha value is -1.92. The molecule has 0 saturated carbocycles. The topological polar surface area (TPSA) is 95.9 Å². The predicted octanol–water partition coefficient (Wildman–Crippen LogP) is 20.8. The third kappa shape index (κ3) is 59.2. The number of rotatable bonds is 61. The lowest BCUT2D eigenvalue weighted by Crippen LogP contribution is -2.45. The van der Waals surface area contributed by atoms with Crippen molar-refractivity contribution in [2.45, 2.75) is 366 Å². The summed E-state index contributed by atoms with van der Waals surface area (Å²) in [6, 6.07) is -0.627. The van der Waals surface area contributed by atoms with E-state index in [0.29, 0.717) is 19.4 Å². The summed E-state index contributed by atoms with van der Waals surface area (Å²) in [5, 5.41) is 23.1. The van der Waals surface area contributed by atoms with Gasteiger partial charge in [0, 0.05) is 12.8 Å². The van der Waals surface area contributed by atoms with Crippen molar-refractivity contribution in [3.8, 4) is 0 Å². The molecule has 0 aliphatic heterocycles. The number of ether oxygens (including phenoxy) is 1. The van der Waals surface area contributed by atoms with Crippen molar-refractivity contribution in [2.24, 2.45) is 0 Å². The lowest BCUT2D eigenvalue weighted by molar-refractivity contribution is -0.143. The molecule has 0 aliphatic rings. The number of esters is 1. The smallest absolute Gasteiger partial charge is 0.305 e. The van der Waals surface area contributed by atoms with Gasteiger partial charge in [-0.15, -0.1) is 0 Å². The molecular formula is C67H127NO5. The van der Waals surface area contributed by atoms with Crippen molar-refractivity contribution in [1.29, 1.82) is 0 Å². The number of nitrogens with one attached hydrogen (secondary N) is 1. The largest absolute Gasteiger partial charge is 0.466 e. The van der Waals surface area contributed by atoms with Crippen LogP contribution in [0.5, 0.6) is 0 Å². The van der Waals surface area contributed by atoms with E-state index in [4.69, 9.17) is 4.74 Å². The third-order valence-corrected chi connectivity index (χ3v) is 15.2. The Bertz CT molecular complexity index is 1180. The van der Waals surface area contributed by atoms with Gasteiger partial charge in [0.2, 0.25) is 5.91 Å². The second-order valence-corrected chi connectivity index (χ2v) is 22.5. The fraction of sp³-hybridized carbons (Fsp3) is 0.881. The van der Waals surface area contributed by atoms with Crippen LogP contribution in [0.4, 0.5) is 0 Å². The molecule has 0 aromatic heterocycles. The first kappa shape index (κ1) is 71.1. The molecule has 73 heavy (non-hydrogen) atoms. The molecule has 0 heterocycles. The number of carbonyl (C=O) groups excluding carboxylic acids is 2. The zero-order valence-corrected chi connectivity index (χ0v) is 49.1. The van der Waals surface area contributed by atoms with Crippen molar-refractivity contribution < 1.29 is 24.5 Å². The molecule has 0 aromatic rings. The van der Waals surface area contributed by atoms with Gasteiger partial charge in [0.25, 0.3) is 0 Å². The van der Waals surface area contributed by atoms with Crippen LogP contribution in [0.1, 0.15) is 354 Å². The van der Waals surface area contributed by atoms with E-state index in [1.54, 1.807) is 6.08 Å². The molecule has 6 heteroatoms. The Balaban J connectivity index is 3.38. The minimum Gasteiger partial charge on any atom is -0.466 e. The molecule has 0 fully saturated rings. The number of aliphatic hydroxyl groups is 2. The zero-order valence-electron chi connectivity index (χ0n) is 49.1. The average molecular weight is 1030 g/mol. The number of aliphatic hydroxyl groups excluding tert-OH is 2. The highest BCUT2D eigenvalue weighted by molar-refractivity contribution is 5.76. The van der Waals surface area contributed by atoms with E-state index in [-0.39, 0.29) is 18.5 Å². The lowest BCUT2D eigenvalue weighted by Gasteiger charge is -2.20. The first-order valence-electron chi connectivity index (χ1n) is 32.8. The van der Waals surface area contributed by atoms with Gasteiger partial charge >= 0.3 is 5.97 Å². The Morgan fingerprint density at radius 2 is 0.685 bits per heavy atom. The molecule has 6 nitrogen and oxygen atoms in total. The minimum atomic E-state index is -0.844. The van der Waals surface area contributed by atoms with Crippen LogP contribution >= 0.6 is 0 Å². The van der Waals surface area contributed by atoms with Crippen LogP contribution in [0.25, 0.3) is 0 Å². The van der Waals surface area contributed by atoms with E-state index < -0.39 is 12.1 Å². The van der Waals surface area contributed by atoms with Crippen LogP contribution in [0.3, 0.4) is 0 Å². The highest BCUT2D eigenvalue weighted by Crippen LogP contribution is 2.18. The van der Waals surface area contributed by atoms with Crippen LogP contribution in [-0.4, -0.2) is 47.4 Å². The van der Waals surface area contributed by atoms with Crippen molar-refractivity contribution in [1.82, 2.24) is 5.32 Å². The first-order valence-corrected chi connectivity index (χ1v) is 32.8. The van der Waals surface area contributed by atoms with E-state index in [9.17, 15) is 19.8 Å². The van der Waals surface area contributed by atoms with E-state index in [1.807, 2.05) is 6.08 Å². The maximum absolute atomic E-state index is 12.5. The maximum Gasteiger partial charge on any atom is 0.305 e. The number of allylic oxidation sites excluding steroid dienone is 5. The molecule has 2 atom stereocenters. The standard InChI is InChI=1S/C67H127NO5/c1-3-5-7-9-11-13-15-17-19-28-33-37-41-45-49-53-57-61-67(72)73-62-58-54-50-46-42-38-34-30-27-25-23-21-20-22-24-26-29-32-36-40-44-48-52-56-60-66(71)68-64(63-69)65(70)59-55-51-47-43-39-35-31-18-16-14-12-10-8-6-4-2/h11,13,17,19,55,59,64-65,69-70H,3-10,12,14-16,18,20-54,56-58,60-63H2,1-2H3,(H,68,71)/b13-11-,19-17-,59-55+. The van der Waals surface area contributed by atoms with Gasteiger partial charge < -0.3 is 20.3 Å². The van der Waals surface area contributed by atoms with Gasteiger partial charge in [-0.05, 0) is 64.2 Å². The molecular weight excluding hydrogens is 899 g/mol. The summed E-state index contributed by atoms with van der Waals surface area (Å²) in [6.45, 7) is 4.89. The Morgan fingerprint density at radius 1 is 0.384 bits per heavy atom. The van der Waals surface area contributed by atoms with Gasteiger partial charge in [0.1, 0.15) is 0 Å². The molecule has 2 unspecified atom stereocenters. The lowest BCUT2D eigenvalue weighted by atomic mass is 10.0. The summed E-state index contributed by atoms with van der Waals surface area (Å²) in [7, 11) is 0. The van der Waals surface area contributed by atoms with E-state index in [2.05, 4.69) is 43.5 Å². The molecule has 430 valence electrons. The summed E-state index contributed by atoms with van der Waals surface area (Å²) in [6.07, 6.45) is 79.1. The fourth-order valence-electron chi connectivity index (χ4n) is 10.1. The monoisotopic (exact) mass is 1030 g/mol. The van der Waals surface area contributed by atoms with Gasteiger partial charge in [0.05, 0.1) is 25.4 Å². The van der Waals surface area contributed by atoms with Crippen molar-refractivity contribution in [2.75, 3.05) is 13.2 Å². The van der Waals surface area contributed by atoms with Crippen molar-refractivity contribution in [3.05, 3.63) is 36.5 Å². The van der Waals surface area contributed by atoms with Gasteiger partial charge in [-0.1, -0.05) is 314 Å².